The molecule has 0 spiro atoms. The van der Waals surface area contributed by atoms with E-state index in [2.05, 4.69) is 48.3 Å². The number of amides is 1. The molecular weight excluding hydrogens is 332 g/mol. The van der Waals surface area contributed by atoms with Crippen LogP contribution in [-0.4, -0.2) is 33.0 Å². The molecule has 1 saturated heterocycles. The van der Waals surface area contributed by atoms with Crippen LogP contribution < -0.4 is 10.6 Å². The van der Waals surface area contributed by atoms with Gasteiger partial charge in [-0.3, -0.25) is 9.78 Å². The van der Waals surface area contributed by atoms with E-state index in [1.54, 1.807) is 23.7 Å². The second kappa shape index (κ2) is 6.84. The Morgan fingerprint density at radius 3 is 2.52 bits per heavy atom. The number of carbonyl (C=O) groups is 1. The van der Waals surface area contributed by atoms with Crippen LogP contribution in [0.2, 0.25) is 0 Å². The van der Waals surface area contributed by atoms with Gasteiger partial charge in [0.05, 0.1) is 12.1 Å². The van der Waals surface area contributed by atoms with Crippen LogP contribution in [0.25, 0.3) is 10.6 Å². The number of piperidine rings is 1. The number of pyridine rings is 1. The van der Waals surface area contributed by atoms with Gasteiger partial charge in [-0.25, -0.2) is 4.98 Å². The first kappa shape index (κ1) is 18.0. The molecular formula is C19H26N4OS. The first-order chi connectivity index (χ1) is 11.7. The molecule has 1 fully saturated rings. The predicted molar refractivity (Wildman–Crippen MR) is 102 cm³/mol. The highest BCUT2D eigenvalue weighted by Crippen LogP contribution is 2.28. The van der Waals surface area contributed by atoms with Crippen molar-refractivity contribution < 1.29 is 4.79 Å². The molecule has 5 nitrogen and oxygen atoms in total. The molecule has 6 heteroatoms. The van der Waals surface area contributed by atoms with Crippen molar-refractivity contribution in [3.05, 3.63) is 35.6 Å². The topological polar surface area (TPSA) is 66.9 Å². The third-order valence-electron chi connectivity index (χ3n) is 4.38. The third-order valence-corrected chi connectivity index (χ3v) is 5.32. The molecule has 0 bridgehead atoms. The predicted octanol–water partition coefficient (Wildman–Crippen LogP) is 3.17. The molecule has 0 saturated carbocycles. The summed E-state index contributed by atoms with van der Waals surface area (Å²) in [6.45, 7) is 8.76. The van der Waals surface area contributed by atoms with Crippen molar-refractivity contribution >= 4 is 17.2 Å². The Morgan fingerprint density at radius 2 is 1.88 bits per heavy atom. The largest absolute Gasteiger partial charge is 0.353 e. The number of hydrogen-bond donors (Lipinski definition) is 2. The number of nitrogens with zero attached hydrogens (tertiary/aromatic N) is 2. The second-order valence-electron chi connectivity index (χ2n) is 8.12. The average Bonchev–Trinajstić information content (AvgIpc) is 2.93. The molecule has 0 radical (unpaired) electrons. The lowest BCUT2D eigenvalue weighted by Crippen LogP contribution is -2.62. The van der Waals surface area contributed by atoms with E-state index in [9.17, 15) is 4.79 Å². The minimum Gasteiger partial charge on any atom is -0.353 e. The van der Waals surface area contributed by atoms with Gasteiger partial charge in [0.25, 0.3) is 0 Å². The average molecular weight is 359 g/mol. The van der Waals surface area contributed by atoms with E-state index < -0.39 is 0 Å². The van der Waals surface area contributed by atoms with Crippen molar-refractivity contribution in [2.45, 2.75) is 64.1 Å². The van der Waals surface area contributed by atoms with Gasteiger partial charge in [-0.05, 0) is 52.7 Å². The Labute approximate surface area is 153 Å². The fraction of sp³-hybridized carbons (Fsp3) is 0.526. The van der Waals surface area contributed by atoms with Gasteiger partial charge in [0.15, 0.2) is 0 Å². The zero-order chi connectivity index (χ0) is 18.1. The summed E-state index contributed by atoms with van der Waals surface area (Å²) in [6, 6.07) is 4.06. The van der Waals surface area contributed by atoms with E-state index in [1.807, 2.05) is 17.5 Å². The van der Waals surface area contributed by atoms with Crippen LogP contribution in [0.5, 0.6) is 0 Å². The minimum atomic E-state index is 0.0227. The van der Waals surface area contributed by atoms with Gasteiger partial charge in [0.2, 0.25) is 5.91 Å². The zero-order valence-corrected chi connectivity index (χ0v) is 16.1. The van der Waals surface area contributed by atoms with Gasteiger partial charge in [0, 0.05) is 40.5 Å². The molecule has 0 aromatic carbocycles. The molecule has 0 aliphatic carbocycles. The second-order valence-corrected chi connectivity index (χ2v) is 8.98. The maximum Gasteiger partial charge on any atom is 0.226 e. The first-order valence-corrected chi connectivity index (χ1v) is 9.54. The maximum atomic E-state index is 12.5. The van der Waals surface area contributed by atoms with Crippen molar-refractivity contribution in [1.29, 1.82) is 0 Å². The summed E-state index contributed by atoms with van der Waals surface area (Å²) in [4.78, 5) is 21.1. The molecule has 3 heterocycles. The van der Waals surface area contributed by atoms with Crippen molar-refractivity contribution in [2.24, 2.45) is 0 Å². The van der Waals surface area contributed by atoms with Crippen molar-refractivity contribution in [3.8, 4) is 10.6 Å². The monoisotopic (exact) mass is 358 g/mol. The molecule has 134 valence electrons. The lowest BCUT2D eigenvalue weighted by atomic mass is 9.79. The summed E-state index contributed by atoms with van der Waals surface area (Å²) >= 11 is 1.56. The Hall–Kier alpha value is -1.79. The number of aromatic nitrogens is 2. The Kier molecular flexibility index (Phi) is 4.93. The highest BCUT2D eigenvalue weighted by molar-refractivity contribution is 7.13. The van der Waals surface area contributed by atoms with Crippen molar-refractivity contribution in [1.82, 2.24) is 20.6 Å². The van der Waals surface area contributed by atoms with Crippen LogP contribution >= 0.6 is 11.3 Å². The molecule has 0 unspecified atom stereocenters. The molecule has 2 N–H and O–H groups in total. The van der Waals surface area contributed by atoms with Crippen LogP contribution in [0.3, 0.4) is 0 Å². The summed E-state index contributed by atoms with van der Waals surface area (Å²) in [7, 11) is 0. The smallest absolute Gasteiger partial charge is 0.226 e. The fourth-order valence-corrected chi connectivity index (χ4v) is 4.71. The summed E-state index contributed by atoms with van der Waals surface area (Å²) in [5, 5.41) is 9.73. The van der Waals surface area contributed by atoms with Crippen molar-refractivity contribution in [3.63, 3.8) is 0 Å². The number of thiazole rings is 1. The lowest BCUT2D eigenvalue weighted by molar-refractivity contribution is -0.121. The third kappa shape index (κ3) is 4.86. The molecule has 1 aliphatic heterocycles. The summed E-state index contributed by atoms with van der Waals surface area (Å²) < 4.78 is 0. The van der Waals surface area contributed by atoms with Crippen LogP contribution in [-0.2, 0) is 11.2 Å². The molecule has 1 aliphatic rings. The normalized spacial score (nSPS) is 19.5. The van der Waals surface area contributed by atoms with Gasteiger partial charge >= 0.3 is 0 Å². The molecule has 25 heavy (non-hydrogen) atoms. The zero-order valence-electron chi connectivity index (χ0n) is 15.3. The quantitative estimate of drug-likeness (QED) is 0.881. The van der Waals surface area contributed by atoms with Crippen LogP contribution in [0.15, 0.2) is 29.9 Å². The molecule has 3 rings (SSSR count). The fourth-order valence-electron chi connectivity index (χ4n) is 3.88. The summed E-state index contributed by atoms with van der Waals surface area (Å²) in [6.07, 6.45) is 5.70. The highest BCUT2D eigenvalue weighted by Gasteiger charge is 2.38. The van der Waals surface area contributed by atoms with Gasteiger partial charge in [-0.15, -0.1) is 11.3 Å². The highest BCUT2D eigenvalue weighted by atomic mass is 32.1. The van der Waals surface area contributed by atoms with Crippen molar-refractivity contribution in [2.75, 3.05) is 0 Å². The van der Waals surface area contributed by atoms with Gasteiger partial charge in [-0.1, -0.05) is 0 Å². The minimum absolute atomic E-state index is 0.0227. The lowest BCUT2D eigenvalue weighted by Gasteiger charge is -2.46. The first-order valence-electron chi connectivity index (χ1n) is 8.66. The SMILES string of the molecule is CC1(C)CC(NC(=O)Cc2csc(-c3ccncc3)n2)CC(C)(C)N1. The van der Waals surface area contributed by atoms with Crippen LogP contribution in [0.4, 0.5) is 0 Å². The van der Waals surface area contributed by atoms with E-state index in [4.69, 9.17) is 0 Å². The number of carbonyl (C=O) groups excluding carboxylic acids is 1. The maximum absolute atomic E-state index is 12.5. The number of nitrogens with one attached hydrogen (secondary N) is 2. The summed E-state index contributed by atoms with van der Waals surface area (Å²) in [5.41, 5.74) is 1.90. The van der Waals surface area contributed by atoms with Crippen LogP contribution in [0, 0.1) is 0 Å². The number of hydrogen-bond acceptors (Lipinski definition) is 5. The molecule has 1 amide bonds. The van der Waals surface area contributed by atoms with Crippen LogP contribution in [0.1, 0.15) is 46.2 Å². The van der Waals surface area contributed by atoms with Gasteiger partial charge in [0.1, 0.15) is 5.01 Å². The molecule has 2 aromatic heterocycles. The van der Waals surface area contributed by atoms with E-state index in [-0.39, 0.29) is 23.0 Å². The van der Waals surface area contributed by atoms with E-state index in [1.165, 1.54) is 0 Å². The van der Waals surface area contributed by atoms with E-state index in [0.717, 1.165) is 29.1 Å². The summed E-state index contributed by atoms with van der Waals surface area (Å²) in [5.74, 6) is 0.0464. The Bertz CT molecular complexity index is 723. The standard InChI is InChI=1S/C19H26N4OS/c1-18(2)10-15(11-19(3,4)23-18)21-16(24)9-14-12-25-17(22-14)13-5-7-20-8-6-13/h5-8,12,15,23H,9-11H2,1-4H3,(H,21,24). The molecule has 0 atom stereocenters. The Balaban J connectivity index is 1.61. The van der Waals surface area contributed by atoms with E-state index in [0.29, 0.717) is 6.42 Å². The van der Waals surface area contributed by atoms with Gasteiger partial charge < -0.3 is 10.6 Å². The van der Waals surface area contributed by atoms with Gasteiger partial charge in [-0.2, -0.15) is 0 Å². The van der Waals surface area contributed by atoms with E-state index >= 15 is 0 Å². The Morgan fingerprint density at radius 1 is 1.24 bits per heavy atom. The molecule has 2 aromatic rings. The number of rotatable bonds is 4.